The van der Waals surface area contributed by atoms with Crippen LogP contribution >= 0.6 is 12.2 Å². The first-order chi connectivity index (χ1) is 9.72. The van der Waals surface area contributed by atoms with Crippen molar-refractivity contribution in [1.29, 1.82) is 0 Å². The van der Waals surface area contributed by atoms with Crippen molar-refractivity contribution in [3.8, 4) is 11.4 Å². The summed E-state index contributed by atoms with van der Waals surface area (Å²) in [5.41, 5.74) is 3.81. The van der Waals surface area contributed by atoms with E-state index in [0.29, 0.717) is 11.4 Å². The Bertz CT molecular complexity index is 819. The largest absolute Gasteiger partial charge is 0.492 e. The fourth-order valence-corrected chi connectivity index (χ4v) is 2.56. The van der Waals surface area contributed by atoms with Crippen LogP contribution in [0.25, 0.3) is 16.9 Å². The lowest BCUT2D eigenvalue weighted by molar-refractivity contribution is 0.339. The minimum Gasteiger partial charge on any atom is -0.492 e. The minimum absolute atomic E-state index is 0.610. The van der Waals surface area contributed by atoms with Crippen molar-refractivity contribution in [3.05, 3.63) is 46.9 Å². The molecule has 0 unspecified atom stereocenters. The third kappa shape index (κ3) is 2.00. The van der Waals surface area contributed by atoms with Crippen LogP contribution in [0.5, 0.6) is 5.75 Å². The van der Waals surface area contributed by atoms with Crippen LogP contribution in [0.4, 0.5) is 0 Å². The van der Waals surface area contributed by atoms with Gasteiger partial charge in [-0.3, -0.25) is 4.57 Å². The molecule has 0 spiro atoms. The van der Waals surface area contributed by atoms with Gasteiger partial charge in [0.05, 0.1) is 17.8 Å². The van der Waals surface area contributed by atoms with Crippen LogP contribution in [0.1, 0.15) is 12.5 Å². The molecule has 5 heteroatoms. The topological polar surface area (TPSA) is 42.8 Å². The van der Waals surface area contributed by atoms with E-state index in [-0.39, 0.29) is 0 Å². The third-order valence-electron chi connectivity index (χ3n) is 3.19. The quantitative estimate of drug-likeness (QED) is 0.744. The van der Waals surface area contributed by atoms with Crippen molar-refractivity contribution < 1.29 is 4.74 Å². The number of para-hydroxylation sites is 2. The fraction of sp³-hybridized carbons (Fsp3) is 0.200. The summed E-state index contributed by atoms with van der Waals surface area (Å²) in [6.45, 7) is 4.61. The summed E-state index contributed by atoms with van der Waals surface area (Å²) in [7, 11) is 0. The zero-order valence-corrected chi connectivity index (χ0v) is 12.2. The Morgan fingerprint density at radius 3 is 2.90 bits per heavy atom. The van der Waals surface area contributed by atoms with Crippen LogP contribution in [0.15, 0.2) is 36.5 Å². The van der Waals surface area contributed by atoms with Gasteiger partial charge < -0.3 is 9.72 Å². The first-order valence-corrected chi connectivity index (χ1v) is 6.91. The number of imidazole rings is 1. The van der Waals surface area contributed by atoms with Crippen LogP contribution in [0, 0.1) is 11.7 Å². The third-order valence-corrected chi connectivity index (χ3v) is 3.48. The molecule has 2 heterocycles. The van der Waals surface area contributed by atoms with Crippen LogP contribution < -0.4 is 4.74 Å². The van der Waals surface area contributed by atoms with E-state index < -0.39 is 0 Å². The maximum atomic E-state index is 5.69. The molecule has 0 saturated heterocycles. The van der Waals surface area contributed by atoms with E-state index in [1.807, 2.05) is 48.7 Å². The Morgan fingerprint density at radius 2 is 2.10 bits per heavy atom. The molecule has 3 aromatic rings. The van der Waals surface area contributed by atoms with Gasteiger partial charge in [-0.25, -0.2) is 4.98 Å². The Labute approximate surface area is 122 Å². The van der Waals surface area contributed by atoms with Gasteiger partial charge >= 0.3 is 0 Å². The van der Waals surface area contributed by atoms with Crippen LogP contribution in [-0.2, 0) is 0 Å². The standard InChI is InChI=1S/C15H15N3OS/c1-3-19-12-7-5-4-6-11(12)18-14-13(17-15(18)20)10(2)8-9-16-14/h4-9H,3H2,1-2H3,(H,17,20). The molecule has 1 N–H and O–H groups in total. The second kappa shape index (κ2) is 5.09. The molecule has 0 atom stereocenters. The van der Waals surface area contributed by atoms with Crippen molar-refractivity contribution >= 4 is 23.4 Å². The molecule has 4 nitrogen and oxygen atoms in total. The number of H-pyrrole nitrogens is 1. The first kappa shape index (κ1) is 12.9. The number of hydrogen-bond donors (Lipinski definition) is 1. The van der Waals surface area contributed by atoms with E-state index in [1.165, 1.54) is 0 Å². The Balaban J connectivity index is 2.33. The number of nitrogens with one attached hydrogen (secondary N) is 1. The molecule has 2 aromatic heterocycles. The van der Waals surface area contributed by atoms with E-state index in [4.69, 9.17) is 17.0 Å². The van der Waals surface area contributed by atoms with Crippen molar-refractivity contribution in [2.24, 2.45) is 0 Å². The summed E-state index contributed by atoms with van der Waals surface area (Å²) in [6.07, 6.45) is 1.79. The lowest BCUT2D eigenvalue weighted by atomic mass is 10.2. The number of aryl methyl sites for hydroxylation is 1. The minimum atomic E-state index is 0.610. The zero-order valence-electron chi connectivity index (χ0n) is 11.4. The second-order valence-electron chi connectivity index (χ2n) is 4.49. The highest BCUT2D eigenvalue weighted by Crippen LogP contribution is 2.27. The predicted molar refractivity (Wildman–Crippen MR) is 82.2 cm³/mol. The average Bonchev–Trinajstić information content (AvgIpc) is 2.78. The highest BCUT2D eigenvalue weighted by atomic mass is 32.1. The number of benzene rings is 1. The summed E-state index contributed by atoms with van der Waals surface area (Å²) in [6, 6.07) is 9.81. The molecular formula is C15H15N3OS. The van der Waals surface area contributed by atoms with Crippen LogP contribution in [0.2, 0.25) is 0 Å². The summed E-state index contributed by atoms with van der Waals surface area (Å²) in [4.78, 5) is 7.67. The Kier molecular flexibility index (Phi) is 3.28. The van der Waals surface area contributed by atoms with Gasteiger partial charge in [0.15, 0.2) is 10.4 Å². The lowest BCUT2D eigenvalue weighted by Crippen LogP contribution is -2.01. The van der Waals surface area contributed by atoms with Gasteiger partial charge in [-0.05, 0) is 49.8 Å². The van der Waals surface area contributed by atoms with Crippen LogP contribution in [-0.4, -0.2) is 21.1 Å². The van der Waals surface area contributed by atoms with E-state index in [2.05, 4.69) is 9.97 Å². The molecule has 0 radical (unpaired) electrons. The smallest absolute Gasteiger partial charge is 0.184 e. The van der Waals surface area contributed by atoms with Gasteiger partial charge in [-0.15, -0.1) is 0 Å². The maximum absolute atomic E-state index is 5.69. The second-order valence-corrected chi connectivity index (χ2v) is 4.88. The van der Waals surface area contributed by atoms with Gasteiger partial charge in [0, 0.05) is 6.20 Å². The average molecular weight is 285 g/mol. The van der Waals surface area contributed by atoms with Crippen LogP contribution in [0.3, 0.4) is 0 Å². The van der Waals surface area contributed by atoms with E-state index in [1.54, 1.807) is 6.20 Å². The molecule has 0 fully saturated rings. The number of hydrogen-bond acceptors (Lipinski definition) is 3. The number of aromatic nitrogens is 3. The summed E-state index contributed by atoms with van der Waals surface area (Å²) in [5.74, 6) is 0.801. The molecule has 0 saturated carbocycles. The normalized spacial score (nSPS) is 10.9. The molecule has 0 aliphatic carbocycles. The molecule has 0 bridgehead atoms. The zero-order chi connectivity index (χ0) is 14.1. The lowest BCUT2D eigenvalue weighted by Gasteiger charge is -2.11. The van der Waals surface area contributed by atoms with Gasteiger partial charge in [0.2, 0.25) is 0 Å². The molecule has 0 aliphatic rings. The van der Waals surface area contributed by atoms with E-state index in [9.17, 15) is 0 Å². The van der Waals surface area contributed by atoms with Gasteiger partial charge in [-0.1, -0.05) is 12.1 Å². The Hall–Kier alpha value is -2.14. The monoisotopic (exact) mass is 285 g/mol. The number of ether oxygens (including phenoxy) is 1. The Morgan fingerprint density at radius 1 is 1.30 bits per heavy atom. The molecule has 1 aromatic carbocycles. The molecule has 3 rings (SSSR count). The van der Waals surface area contributed by atoms with Gasteiger partial charge in [0.1, 0.15) is 5.75 Å². The molecule has 20 heavy (non-hydrogen) atoms. The maximum Gasteiger partial charge on any atom is 0.184 e. The molecule has 102 valence electrons. The number of aromatic amines is 1. The fourth-order valence-electron chi connectivity index (χ4n) is 2.27. The van der Waals surface area contributed by atoms with Crippen molar-refractivity contribution in [2.75, 3.05) is 6.61 Å². The highest BCUT2D eigenvalue weighted by Gasteiger charge is 2.12. The van der Waals surface area contributed by atoms with E-state index >= 15 is 0 Å². The van der Waals surface area contributed by atoms with Gasteiger partial charge in [0.25, 0.3) is 0 Å². The summed E-state index contributed by atoms with van der Waals surface area (Å²) in [5, 5.41) is 0. The van der Waals surface area contributed by atoms with E-state index in [0.717, 1.165) is 28.2 Å². The van der Waals surface area contributed by atoms with Crippen molar-refractivity contribution in [2.45, 2.75) is 13.8 Å². The molecular weight excluding hydrogens is 270 g/mol. The number of fused-ring (bicyclic) bond motifs is 1. The first-order valence-electron chi connectivity index (χ1n) is 6.51. The number of rotatable bonds is 3. The summed E-state index contributed by atoms with van der Waals surface area (Å²) >= 11 is 5.45. The number of pyridine rings is 1. The summed E-state index contributed by atoms with van der Waals surface area (Å²) < 4.78 is 8.22. The SMILES string of the molecule is CCOc1ccccc1-n1c(=S)[nH]c2c(C)ccnc21. The van der Waals surface area contributed by atoms with Crippen molar-refractivity contribution in [1.82, 2.24) is 14.5 Å². The number of nitrogens with zero attached hydrogens (tertiary/aromatic N) is 2. The molecule has 0 amide bonds. The van der Waals surface area contributed by atoms with Crippen molar-refractivity contribution in [3.63, 3.8) is 0 Å². The van der Waals surface area contributed by atoms with Gasteiger partial charge in [-0.2, -0.15) is 0 Å². The highest BCUT2D eigenvalue weighted by molar-refractivity contribution is 7.71. The molecule has 0 aliphatic heterocycles. The predicted octanol–water partition coefficient (Wildman–Crippen LogP) is 3.79.